The van der Waals surface area contributed by atoms with Crippen LogP contribution in [0.1, 0.15) is 296 Å². The van der Waals surface area contributed by atoms with Gasteiger partial charge >= 0.3 is 17.9 Å². The minimum Gasteiger partial charge on any atom is -0.477 e. The number of hydrogen-bond donors (Lipinski definition) is 1. The van der Waals surface area contributed by atoms with Crippen molar-refractivity contribution in [2.45, 2.75) is 309 Å². The third kappa shape index (κ3) is 48.9. The minimum atomic E-state index is -0.870. The molecule has 1 N–H and O–H groups in total. The molecule has 0 fully saturated rings. The van der Waals surface area contributed by atoms with Crippen molar-refractivity contribution in [3.63, 3.8) is 0 Å². The number of ether oxygens (including phenoxy) is 3. The Labute approximate surface area is 416 Å². The molecule has 0 radical (unpaired) electrons. The summed E-state index contributed by atoms with van der Waals surface area (Å²) < 4.78 is 17.4. The first-order valence-electron chi connectivity index (χ1n) is 29.2. The van der Waals surface area contributed by atoms with Crippen molar-refractivity contribution < 1.29 is 38.2 Å². The van der Waals surface area contributed by atoms with Crippen molar-refractivity contribution in [2.75, 3.05) is 41.0 Å². The Balaban J connectivity index is 4.13. The molecule has 0 spiro atoms. The van der Waals surface area contributed by atoms with Crippen molar-refractivity contribution >= 4 is 17.9 Å². The van der Waals surface area contributed by atoms with E-state index in [0.29, 0.717) is 19.3 Å². The maximum absolute atomic E-state index is 12.8. The normalized spacial score (nSPS) is 12.8. The highest BCUT2D eigenvalue weighted by atomic mass is 16.6. The van der Waals surface area contributed by atoms with E-state index < -0.39 is 18.1 Å². The number of quaternary nitrogens is 1. The molecule has 0 aromatic rings. The third-order valence-corrected chi connectivity index (χ3v) is 13.7. The van der Waals surface area contributed by atoms with Gasteiger partial charge in [-0.25, -0.2) is 4.79 Å². The number of nitrogens with zero attached hydrogens (tertiary/aromatic N) is 1. The predicted molar refractivity (Wildman–Crippen MR) is 285 cm³/mol. The molecular weight excluding hydrogens is 835 g/mol. The molecule has 2 atom stereocenters. The molecular formula is C59H114NO7+. The highest BCUT2D eigenvalue weighted by molar-refractivity contribution is 5.72. The molecule has 8 heteroatoms. The molecule has 67 heavy (non-hydrogen) atoms. The zero-order valence-electron chi connectivity index (χ0n) is 45.4. The molecule has 396 valence electrons. The molecule has 0 bridgehead atoms. The number of esters is 2. The number of carbonyl (C=O) groups excluding carboxylic acids is 2. The van der Waals surface area contributed by atoms with Gasteiger partial charge in [-0.1, -0.05) is 251 Å². The van der Waals surface area contributed by atoms with Crippen LogP contribution < -0.4 is 0 Å². The molecule has 8 nitrogen and oxygen atoms in total. The molecule has 0 saturated heterocycles. The van der Waals surface area contributed by atoms with Crippen LogP contribution in [0.15, 0.2) is 12.2 Å². The van der Waals surface area contributed by atoms with E-state index in [1.54, 1.807) is 0 Å². The van der Waals surface area contributed by atoms with Crippen LogP contribution in [0.2, 0.25) is 0 Å². The first-order chi connectivity index (χ1) is 32.6. The van der Waals surface area contributed by atoms with Gasteiger partial charge in [-0.3, -0.25) is 9.59 Å². The number of unbranched alkanes of at least 4 members (excludes halogenated alkanes) is 38. The molecule has 0 aliphatic rings. The summed E-state index contributed by atoms with van der Waals surface area (Å²) in [5.41, 5.74) is 0. The largest absolute Gasteiger partial charge is 0.477 e. The van der Waals surface area contributed by atoms with Gasteiger partial charge in [0.1, 0.15) is 6.61 Å². The molecule has 2 unspecified atom stereocenters. The highest BCUT2D eigenvalue weighted by Crippen LogP contribution is 2.18. The number of carbonyl (C=O) groups is 3. The van der Waals surface area contributed by atoms with E-state index in [1.807, 2.05) is 21.1 Å². The standard InChI is InChI=1S/C59H113NO7/c1-6-8-10-12-14-16-18-20-22-24-26-28-30-31-33-35-37-39-41-43-45-47-49-57(61)66-54-55(53-65-52-51-56(59(63)64)60(3,4)5)67-58(62)50-48-46-44-42-40-38-36-34-32-29-27-25-23-21-19-17-15-13-11-9-7-2/h30-31,55-56H,6-29,32-54H2,1-5H3/p+1/b31-30+. The summed E-state index contributed by atoms with van der Waals surface area (Å²) in [5.74, 6) is -1.44. The second-order valence-electron chi connectivity index (χ2n) is 21.3. The summed E-state index contributed by atoms with van der Waals surface area (Å²) in [5, 5.41) is 9.68. The highest BCUT2D eigenvalue weighted by Gasteiger charge is 2.31. The van der Waals surface area contributed by atoms with Gasteiger partial charge in [0.2, 0.25) is 0 Å². The SMILES string of the molecule is CCCCCCCCCCCCC/C=C/CCCCCCCCCC(=O)OCC(COCCC(C(=O)O)[N+](C)(C)C)OC(=O)CCCCCCCCCCCCCCCCCCCCCCC. The summed E-state index contributed by atoms with van der Waals surface area (Å²) in [7, 11) is 5.56. The van der Waals surface area contributed by atoms with Crippen molar-refractivity contribution in [3.05, 3.63) is 12.2 Å². The van der Waals surface area contributed by atoms with Crippen LogP contribution in [0.25, 0.3) is 0 Å². The van der Waals surface area contributed by atoms with E-state index in [2.05, 4.69) is 26.0 Å². The summed E-state index contributed by atoms with van der Waals surface area (Å²) in [4.78, 5) is 37.3. The Morgan fingerprint density at radius 3 is 1.07 bits per heavy atom. The Morgan fingerprint density at radius 2 is 0.746 bits per heavy atom. The monoisotopic (exact) mass is 949 g/mol. The van der Waals surface area contributed by atoms with Gasteiger partial charge in [0.15, 0.2) is 12.1 Å². The quantitative estimate of drug-likeness (QED) is 0.0281. The molecule has 0 amide bonds. The number of carboxylic acid groups (broad SMARTS) is 1. The van der Waals surface area contributed by atoms with Gasteiger partial charge in [-0.05, 0) is 38.5 Å². The van der Waals surface area contributed by atoms with E-state index in [-0.39, 0.29) is 36.2 Å². The number of allylic oxidation sites excluding steroid dienone is 2. The maximum atomic E-state index is 12.8. The predicted octanol–water partition coefficient (Wildman–Crippen LogP) is 17.4. The topological polar surface area (TPSA) is 99.1 Å². The second kappa shape index (κ2) is 50.5. The average molecular weight is 950 g/mol. The Bertz CT molecular complexity index is 1100. The molecule has 0 heterocycles. The van der Waals surface area contributed by atoms with Crippen LogP contribution in [-0.2, 0) is 28.6 Å². The lowest BCUT2D eigenvalue weighted by atomic mass is 10.0. The molecule has 0 saturated carbocycles. The number of rotatable bonds is 54. The average Bonchev–Trinajstić information content (AvgIpc) is 3.29. The Hall–Kier alpha value is -1.93. The second-order valence-corrected chi connectivity index (χ2v) is 21.3. The maximum Gasteiger partial charge on any atom is 0.362 e. The van der Waals surface area contributed by atoms with Gasteiger partial charge in [-0.2, -0.15) is 0 Å². The third-order valence-electron chi connectivity index (χ3n) is 13.7. The van der Waals surface area contributed by atoms with Gasteiger partial charge in [0, 0.05) is 19.3 Å². The summed E-state index contributed by atoms with van der Waals surface area (Å²) in [6.07, 6.45) is 58.5. The van der Waals surface area contributed by atoms with Crippen LogP contribution >= 0.6 is 0 Å². The lowest BCUT2D eigenvalue weighted by molar-refractivity contribution is -0.887. The van der Waals surface area contributed by atoms with Crippen LogP contribution in [0, 0.1) is 0 Å². The van der Waals surface area contributed by atoms with Crippen LogP contribution in [0.4, 0.5) is 0 Å². The molecule has 0 rings (SSSR count). The number of aliphatic carboxylic acids is 1. The lowest BCUT2D eigenvalue weighted by Crippen LogP contribution is -2.50. The van der Waals surface area contributed by atoms with Crippen LogP contribution in [0.5, 0.6) is 0 Å². The molecule has 0 aromatic carbocycles. The number of likely N-dealkylation sites (N-methyl/N-ethyl adjacent to an activating group) is 1. The van der Waals surface area contributed by atoms with Gasteiger partial charge in [0.05, 0.1) is 34.4 Å². The van der Waals surface area contributed by atoms with Gasteiger partial charge < -0.3 is 23.8 Å². The van der Waals surface area contributed by atoms with E-state index in [9.17, 15) is 19.5 Å². The number of carboxylic acids is 1. The van der Waals surface area contributed by atoms with Crippen LogP contribution in [-0.4, -0.2) is 80.6 Å². The zero-order chi connectivity index (χ0) is 49.2. The zero-order valence-corrected chi connectivity index (χ0v) is 45.4. The molecule has 0 aliphatic carbocycles. The first kappa shape index (κ1) is 65.1. The minimum absolute atomic E-state index is 0.0463. The summed E-state index contributed by atoms with van der Waals surface area (Å²) in [6, 6.07) is -0.612. The fourth-order valence-corrected chi connectivity index (χ4v) is 9.15. The van der Waals surface area contributed by atoms with Gasteiger partial charge in [0.25, 0.3) is 0 Å². The molecule has 0 aliphatic heterocycles. The van der Waals surface area contributed by atoms with Crippen molar-refractivity contribution in [3.8, 4) is 0 Å². The molecule has 0 aromatic heterocycles. The van der Waals surface area contributed by atoms with Crippen molar-refractivity contribution in [1.82, 2.24) is 0 Å². The summed E-state index contributed by atoms with van der Waals surface area (Å²) in [6.45, 7) is 4.80. The van der Waals surface area contributed by atoms with Crippen molar-refractivity contribution in [2.24, 2.45) is 0 Å². The lowest BCUT2D eigenvalue weighted by Gasteiger charge is -2.31. The fraction of sp³-hybridized carbons (Fsp3) is 0.915. The van der Waals surface area contributed by atoms with E-state index in [1.165, 1.54) is 225 Å². The van der Waals surface area contributed by atoms with E-state index in [0.717, 1.165) is 38.5 Å². The number of hydrogen-bond acceptors (Lipinski definition) is 6. The van der Waals surface area contributed by atoms with Crippen LogP contribution in [0.3, 0.4) is 0 Å². The Morgan fingerprint density at radius 1 is 0.433 bits per heavy atom. The first-order valence-corrected chi connectivity index (χ1v) is 29.2. The van der Waals surface area contributed by atoms with E-state index in [4.69, 9.17) is 14.2 Å². The smallest absolute Gasteiger partial charge is 0.362 e. The summed E-state index contributed by atoms with van der Waals surface area (Å²) >= 11 is 0. The Kier molecular flexibility index (Phi) is 49.0. The van der Waals surface area contributed by atoms with Gasteiger partial charge in [-0.15, -0.1) is 0 Å². The van der Waals surface area contributed by atoms with Crippen molar-refractivity contribution in [1.29, 1.82) is 0 Å². The fourth-order valence-electron chi connectivity index (χ4n) is 9.15. The van der Waals surface area contributed by atoms with E-state index >= 15 is 0 Å².